The smallest absolute Gasteiger partial charge is 0.308 e. The lowest BCUT2D eigenvalue weighted by atomic mass is 9.74. The van der Waals surface area contributed by atoms with Crippen molar-refractivity contribution in [3.8, 4) is 11.5 Å². The number of nitrogens with zero attached hydrogens (tertiary/aromatic N) is 1. The van der Waals surface area contributed by atoms with Gasteiger partial charge in [0.25, 0.3) is 5.91 Å². The summed E-state index contributed by atoms with van der Waals surface area (Å²) in [7, 11) is 0. The monoisotopic (exact) mass is 342 g/mol. The quantitative estimate of drug-likeness (QED) is 0.888. The van der Waals surface area contributed by atoms with Gasteiger partial charge in [-0.2, -0.15) is 0 Å². The fourth-order valence-electron chi connectivity index (χ4n) is 3.51. The molecule has 1 aromatic carbocycles. The second-order valence-electron chi connectivity index (χ2n) is 6.81. The largest absolute Gasteiger partial charge is 0.481 e. The highest BCUT2D eigenvalue weighted by Gasteiger charge is 2.43. The minimum Gasteiger partial charge on any atom is -0.481 e. The van der Waals surface area contributed by atoms with Crippen LogP contribution in [0, 0.1) is 12.8 Å². The van der Waals surface area contributed by atoms with E-state index in [0.29, 0.717) is 24.4 Å². The molecule has 0 saturated heterocycles. The summed E-state index contributed by atoms with van der Waals surface area (Å²) in [5.41, 5.74) is 0.493. The first kappa shape index (κ1) is 17.2. The van der Waals surface area contributed by atoms with E-state index >= 15 is 0 Å². The summed E-state index contributed by atoms with van der Waals surface area (Å²) in [5.74, 6) is -1.37. The van der Waals surface area contributed by atoms with Crippen molar-refractivity contribution < 1.29 is 19.1 Å². The topological polar surface area (TPSA) is 92.4 Å². The summed E-state index contributed by atoms with van der Waals surface area (Å²) < 4.78 is 5.67. The maximum absolute atomic E-state index is 12.7. The Bertz CT molecular complexity index is 784. The fraction of sp³-hybridized carbons (Fsp3) is 0.421. The minimum absolute atomic E-state index is 0.134. The van der Waals surface area contributed by atoms with Gasteiger partial charge in [-0.25, -0.2) is 4.98 Å². The van der Waals surface area contributed by atoms with Crippen molar-refractivity contribution in [1.29, 1.82) is 0 Å². The molecule has 2 aromatic rings. The van der Waals surface area contributed by atoms with Crippen LogP contribution in [0.15, 0.2) is 34.7 Å². The van der Waals surface area contributed by atoms with Crippen LogP contribution in [-0.4, -0.2) is 27.5 Å². The number of carboxylic acid groups (broad SMARTS) is 1. The summed E-state index contributed by atoms with van der Waals surface area (Å²) in [5, 5.41) is 12.4. The number of carboxylic acids is 1. The van der Waals surface area contributed by atoms with Crippen molar-refractivity contribution in [3.05, 3.63) is 41.8 Å². The first-order valence-corrected chi connectivity index (χ1v) is 8.49. The molecule has 1 aliphatic rings. The van der Waals surface area contributed by atoms with E-state index < -0.39 is 23.3 Å². The van der Waals surface area contributed by atoms with Gasteiger partial charge in [0.15, 0.2) is 0 Å². The van der Waals surface area contributed by atoms with E-state index in [1.165, 1.54) is 0 Å². The number of hydrogen-bond donors (Lipinski definition) is 2. The lowest BCUT2D eigenvalue weighted by Gasteiger charge is -2.39. The van der Waals surface area contributed by atoms with Crippen LogP contribution in [0.4, 0.5) is 0 Å². The number of amides is 1. The number of aromatic nitrogens is 1. The van der Waals surface area contributed by atoms with Gasteiger partial charge in [-0.1, -0.05) is 31.0 Å². The number of rotatable bonds is 4. The molecule has 1 heterocycles. The van der Waals surface area contributed by atoms with Gasteiger partial charge in [-0.3, -0.25) is 9.59 Å². The third-order valence-corrected chi connectivity index (χ3v) is 4.93. The predicted molar refractivity (Wildman–Crippen MR) is 92.1 cm³/mol. The molecule has 25 heavy (non-hydrogen) atoms. The lowest BCUT2D eigenvalue weighted by Crippen LogP contribution is -2.55. The van der Waals surface area contributed by atoms with Crippen molar-refractivity contribution >= 4 is 11.9 Å². The van der Waals surface area contributed by atoms with Gasteiger partial charge in [-0.15, -0.1) is 0 Å². The van der Waals surface area contributed by atoms with E-state index in [1.54, 1.807) is 13.8 Å². The Balaban J connectivity index is 1.84. The van der Waals surface area contributed by atoms with Crippen molar-refractivity contribution in [1.82, 2.24) is 10.3 Å². The molecule has 1 fully saturated rings. The molecule has 0 spiro atoms. The standard InChI is InChI=1S/C19H22N2O4/c1-12-15(25-17(20-12)13-8-4-3-5-9-13)16(22)21-19(2)11-7-6-10-14(19)18(23)24/h3-5,8-9,14H,6-7,10-11H2,1-2H3,(H,21,22)(H,23,24). The zero-order valence-corrected chi connectivity index (χ0v) is 14.4. The molecular formula is C19H22N2O4. The number of nitrogens with one attached hydrogen (secondary N) is 1. The third-order valence-electron chi connectivity index (χ3n) is 4.93. The molecule has 1 aliphatic carbocycles. The van der Waals surface area contributed by atoms with Crippen LogP contribution in [0.3, 0.4) is 0 Å². The van der Waals surface area contributed by atoms with Crippen LogP contribution in [-0.2, 0) is 4.79 Å². The Morgan fingerprint density at radius 1 is 1.28 bits per heavy atom. The average molecular weight is 342 g/mol. The van der Waals surface area contributed by atoms with Crippen molar-refractivity contribution in [3.63, 3.8) is 0 Å². The van der Waals surface area contributed by atoms with Gasteiger partial charge in [-0.05, 0) is 38.8 Å². The molecule has 0 bridgehead atoms. The van der Waals surface area contributed by atoms with Crippen LogP contribution >= 0.6 is 0 Å². The molecule has 132 valence electrons. The highest BCUT2D eigenvalue weighted by Crippen LogP contribution is 2.34. The number of carbonyl (C=O) groups excluding carboxylic acids is 1. The Morgan fingerprint density at radius 2 is 2.00 bits per heavy atom. The Kier molecular flexibility index (Phi) is 4.61. The molecule has 6 nitrogen and oxygen atoms in total. The number of aryl methyl sites for hydroxylation is 1. The summed E-state index contributed by atoms with van der Waals surface area (Å²) in [4.78, 5) is 28.6. The first-order chi connectivity index (χ1) is 11.9. The minimum atomic E-state index is -0.873. The summed E-state index contributed by atoms with van der Waals surface area (Å²) in [6.45, 7) is 3.51. The van der Waals surface area contributed by atoms with Crippen LogP contribution in [0.5, 0.6) is 0 Å². The Morgan fingerprint density at radius 3 is 2.68 bits per heavy atom. The van der Waals surface area contributed by atoms with Gasteiger partial charge >= 0.3 is 5.97 Å². The Labute approximate surface area is 146 Å². The van der Waals surface area contributed by atoms with Crippen molar-refractivity contribution in [2.75, 3.05) is 0 Å². The maximum atomic E-state index is 12.7. The second-order valence-corrected chi connectivity index (χ2v) is 6.81. The molecule has 2 atom stereocenters. The van der Waals surface area contributed by atoms with Crippen molar-refractivity contribution in [2.24, 2.45) is 5.92 Å². The fourth-order valence-corrected chi connectivity index (χ4v) is 3.51. The predicted octanol–water partition coefficient (Wildman–Crippen LogP) is 3.41. The van der Waals surface area contributed by atoms with Crippen LogP contribution in [0.1, 0.15) is 48.9 Å². The number of aliphatic carboxylic acids is 1. The van der Waals surface area contributed by atoms with Gasteiger partial charge in [0.2, 0.25) is 11.7 Å². The summed E-state index contributed by atoms with van der Waals surface area (Å²) in [6.07, 6.45) is 2.96. The highest BCUT2D eigenvalue weighted by atomic mass is 16.4. The van der Waals surface area contributed by atoms with Gasteiger partial charge in [0.1, 0.15) is 0 Å². The van der Waals surface area contributed by atoms with E-state index in [1.807, 2.05) is 30.3 Å². The molecule has 2 unspecified atom stereocenters. The molecule has 1 amide bonds. The molecule has 6 heteroatoms. The molecule has 1 saturated carbocycles. The van der Waals surface area contributed by atoms with Crippen LogP contribution < -0.4 is 5.32 Å². The second kappa shape index (κ2) is 6.70. The van der Waals surface area contributed by atoms with Gasteiger partial charge in [0.05, 0.1) is 17.2 Å². The molecule has 0 aliphatic heterocycles. The van der Waals surface area contributed by atoms with E-state index in [2.05, 4.69) is 10.3 Å². The first-order valence-electron chi connectivity index (χ1n) is 8.49. The van der Waals surface area contributed by atoms with Crippen molar-refractivity contribution in [2.45, 2.75) is 45.1 Å². The average Bonchev–Trinajstić information content (AvgIpc) is 2.97. The zero-order valence-electron chi connectivity index (χ0n) is 14.4. The summed E-state index contributed by atoms with van der Waals surface area (Å²) in [6, 6.07) is 9.35. The zero-order chi connectivity index (χ0) is 18.0. The lowest BCUT2D eigenvalue weighted by molar-refractivity contribution is -0.145. The number of hydrogen-bond acceptors (Lipinski definition) is 4. The SMILES string of the molecule is Cc1nc(-c2ccccc2)oc1C(=O)NC1(C)CCCCC1C(=O)O. The van der Waals surface area contributed by atoms with E-state index in [4.69, 9.17) is 4.42 Å². The molecule has 0 radical (unpaired) electrons. The number of benzene rings is 1. The Hall–Kier alpha value is -2.63. The maximum Gasteiger partial charge on any atom is 0.308 e. The van der Waals surface area contributed by atoms with Gasteiger partial charge < -0.3 is 14.8 Å². The third kappa shape index (κ3) is 3.43. The number of oxazole rings is 1. The number of carbonyl (C=O) groups is 2. The van der Waals surface area contributed by atoms with E-state index in [9.17, 15) is 14.7 Å². The van der Waals surface area contributed by atoms with Gasteiger partial charge in [0, 0.05) is 5.56 Å². The van der Waals surface area contributed by atoms with Crippen LogP contribution in [0.25, 0.3) is 11.5 Å². The molecular weight excluding hydrogens is 320 g/mol. The summed E-state index contributed by atoms with van der Waals surface area (Å²) >= 11 is 0. The molecule has 3 rings (SSSR count). The van der Waals surface area contributed by atoms with Crippen LogP contribution in [0.2, 0.25) is 0 Å². The van der Waals surface area contributed by atoms with E-state index in [0.717, 1.165) is 18.4 Å². The van der Waals surface area contributed by atoms with E-state index in [-0.39, 0.29) is 5.76 Å². The molecule has 1 aromatic heterocycles. The normalized spacial score (nSPS) is 23.2. The highest BCUT2D eigenvalue weighted by molar-refractivity contribution is 5.93. The molecule has 2 N–H and O–H groups in total.